The Bertz CT molecular complexity index is 1130. The Morgan fingerprint density at radius 1 is 0.967 bits per heavy atom. The van der Waals surface area contributed by atoms with E-state index in [-0.39, 0.29) is 0 Å². The molecule has 7 heteroatoms. The Hall–Kier alpha value is -3.74. The van der Waals surface area contributed by atoms with E-state index in [4.69, 9.17) is 9.47 Å². The summed E-state index contributed by atoms with van der Waals surface area (Å²) in [5, 5.41) is 7.46. The number of esters is 2. The number of nitrogens with zero attached hydrogens (tertiary/aromatic N) is 2. The maximum Gasteiger partial charge on any atom is 0.338 e. The molecule has 1 aliphatic rings. The number of carbonyl (C=O) groups is 2. The van der Waals surface area contributed by atoms with Crippen molar-refractivity contribution >= 4 is 23.5 Å². The lowest BCUT2D eigenvalue weighted by molar-refractivity contribution is -0.143. The van der Waals surface area contributed by atoms with E-state index in [0.717, 1.165) is 16.8 Å². The van der Waals surface area contributed by atoms with Crippen molar-refractivity contribution < 1.29 is 19.1 Å². The van der Waals surface area contributed by atoms with E-state index < -0.39 is 23.8 Å². The lowest BCUT2D eigenvalue weighted by atomic mass is 9.74. The number of benzene rings is 2. The van der Waals surface area contributed by atoms with Crippen molar-refractivity contribution in [2.24, 2.45) is 10.9 Å². The van der Waals surface area contributed by atoms with Crippen LogP contribution in [0.25, 0.3) is 11.3 Å². The highest BCUT2D eigenvalue weighted by atomic mass is 16.5. The van der Waals surface area contributed by atoms with Gasteiger partial charge in [-0.2, -0.15) is 5.10 Å². The van der Waals surface area contributed by atoms with Crippen molar-refractivity contribution in [3.8, 4) is 11.3 Å². The smallest absolute Gasteiger partial charge is 0.338 e. The van der Waals surface area contributed by atoms with Crippen molar-refractivity contribution in [2.75, 3.05) is 14.2 Å². The molecule has 0 fully saturated rings. The molecule has 2 atom stereocenters. The first-order valence-electron chi connectivity index (χ1n) is 9.50. The lowest BCUT2D eigenvalue weighted by Crippen LogP contribution is -2.33. The molecule has 1 aliphatic heterocycles. The second-order valence-electron chi connectivity index (χ2n) is 7.01. The topological polar surface area (TPSA) is 93.6 Å². The minimum Gasteiger partial charge on any atom is -0.468 e. The van der Waals surface area contributed by atoms with Gasteiger partial charge in [0.2, 0.25) is 0 Å². The molecule has 2 unspecified atom stereocenters. The molecule has 0 saturated heterocycles. The maximum atomic E-state index is 12.8. The number of carbonyl (C=O) groups excluding carboxylic acids is 2. The molecule has 30 heavy (non-hydrogen) atoms. The molecule has 0 radical (unpaired) electrons. The van der Waals surface area contributed by atoms with Crippen LogP contribution in [0.2, 0.25) is 0 Å². The minimum absolute atomic E-state index is 0.389. The first-order valence-corrected chi connectivity index (χ1v) is 9.50. The second kappa shape index (κ2) is 7.94. The Labute approximate surface area is 173 Å². The molecule has 0 bridgehead atoms. The van der Waals surface area contributed by atoms with Crippen molar-refractivity contribution in [1.29, 1.82) is 0 Å². The van der Waals surface area contributed by atoms with Crippen molar-refractivity contribution in [3.63, 3.8) is 0 Å². The maximum absolute atomic E-state index is 12.8. The molecule has 152 valence electrons. The van der Waals surface area contributed by atoms with E-state index in [1.165, 1.54) is 14.2 Å². The zero-order valence-corrected chi connectivity index (χ0v) is 16.9. The standard InChI is InChI=1S/C23H21N3O4/c1-13-17(23(28)30-3)18(15-11-7-8-12-16(15)22(27)29-2)19-20(25-26-21(19)24-13)14-9-5-4-6-10-14/h4-12,17-18H,1-3H3,(H,25,26). The molecule has 4 rings (SSSR count). The number of aliphatic imine (C=N–C) groups is 1. The Morgan fingerprint density at radius 3 is 2.37 bits per heavy atom. The Kier molecular flexibility index (Phi) is 5.18. The number of rotatable bonds is 4. The van der Waals surface area contributed by atoms with E-state index in [1.54, 1.807) is 19.1 Å². The largest absolute Gasteiger partial charge is 0.468 e. The number of aromatic amines is 1. The number of hydrogen-bond donors (Lipinski definition) is 1. The number of ether oxygens (including phenoxy) is 2. The Balaban J connectivity index is 2.01. The fourth-order valence-corrected chi connectivity index (χ4v) is 4.02. The molecule has 0 saturated carbocycles. The highest BCUT2D eigenvalue weighted by Gasteiger charge is 2.42. The van der Waals surface area contributed by atoms with Crippen molar-refractivity contribution in [2.45, 2.75) is 12.8 Å². The van der Waals surface area contributed by atoms with E-state index in [2.05, 4.69) is 15.2 Å². The van der Waals surface area contributed by atoms with Crippen LogP contribution < -0.4 is 0 Å². The van der Waals surface area contributed by atoms with Crippen LogP contribution in [0.1, 0.15) is 34.3 Å². The molecule has 0 amide bonds. The van der Waals surface area contributed by atoms with Crippen LogP contribution in [0.4, 0.5) is 5.82 Å². The normalized spacial score (nSPS) is 17.6. The van der Waals surface area contributed by atoms with Crippen molar-refractivity contribution in [1.82, 2.24) is 10.2 Å². The van der Waals surface area contributed by atoms with Crippen LogP contribution in [0.5, 0.6) is 0 Å². The van der Waals surface area contributed by atoms with Gasteiger partial charge in [0.25, 0.3) is 0 Å². The zero-order valence-electron chi connectivity index (χ0n) is 16.9. The number of aromatic nitrogens is 2. The third kappa shape index (κ3) is 3.18. The van der Waals surface area contributed by atoms with Crippen LogP contribution in [-0.4, -0.2) is 42.1 Å². The van der Waals surface area contributed by atoms with Gasteiger partial charge in [0.15, 0.2) is 5.82 Å². The summed E-state index contributed by atoms with van der Waals surface area (Å²) in [6.07, 6.45) is 0. The summed E-state index contributed by atoms with van der Waals surface area (Å²) in [5.74, 6) is -1.62. The lowest BCUT2D eigenvalue weighted by Gasteiger charge is -2.30. The molecule has 1 aromatic heterocycles. The number of nitrogens with one attached hydrogen (secondary N) is 1. The zero-order chi connectivity index (χ0) is 21.3. The summed E-state index contributed by atoms with van der Waals surface area (Å²) in [6, 6.07) is 16.8. The SMILES string of the molecule is COC(=O)c1ccccc1C1c2c(n[nH]c2-c2ccccc2)N=C(C)C1C(=O)OC. The highest BCUT2D eigenvalue weighted by molar-refractivity contribution is 6.06. The van der Waals surface area contributed by atoms with Crippen molar-refractivity contribution in [3.05, 3.63) is 71.3 Å². The van der Waals surface area contributed by atoms with Crippen LogP contribution in [-0.2, 0) is 14.3 Å². The molecule has 2 aromatic carbocycles. The predicted octanol–water partition coefficient (Wildman–Crippen LogP) is 3.89. The van der Waals surface area contributed by atoms with E-state index in [0.29, 0.717) is 22.7 Å². The van der Waals surface area contributed by atoms with Crippen LogP contribution in [0, 0.1) is 5.92 Å². The van der Waals surface area contributed by atoms with E-state index in [1.807, 2.05) is 42.5 Å². The van der Waals surface area contributed by atoms with Gasteiger partial charge in [-0.05, 0) is 24.1 Å². The summed E-state index contributed by atoms with van der Waals surface area (Å²) in [6.45, 7) is 1.77. The summed E-state index contributed by atoms with van der Waals surface area (Å²) >= 11 is 0. The van der Waals surface area contributed by atoms with Crippen LogP contribution in [0.15, 0.2) is 59.6 Å². The molecule has 3 aromatic rings. The van der Waals surface area contributed by atoms with Gasteiger partial charge in [-0.1, -0.05) is 48.5 Å². The van der Waals surface area contributed by atoms with E-state index in [9.17, 15) is 9.59 Å². The average Bonchev–Trinajstić information content (AvgIpc) is 3.21. The fraction of sp³-hybridized carbons (Fsp3) is 0.217. The van der Waals surface area contributed by atoms with Gasteiger partial charge in [0.05, 0.1) is 25.5 Å². The predicted molar refractivity (Wildman–Crippen MR) is 112 cm³/mol. The first kappa shape index (κ1) is 19.6. The third-order valence-corrected chi connectivity index (χ3v) is 5.38. The molecular weight excluding hydrogens is 382 g/mol. The number of fused-ring (bicyclic) bond motifs is 1. The van der Waals surface area contributed by atoms with Gasteiger partial charge in [-0.25, -0.2) is 9.79 Å². The average molecular weight is 403 g/mol. The van der Waals surface area contributed by atoms with Gasteiger partial charge in [-0.3, -0.25) is 9.89 Å². The second-order valence-corrected chi connectivity index (χ2v) is 7.01. The fourth-order valence-electron chi connectivity index (χ4n) is 4.02. The molecule has 2 heterocycles. The van der Waals surface area contributed by atoms with Gasteiger partial charge >= 0.3 is 11.9 Å². The monoisotopic (exact) mass is 403 g/mol. The number of hydrogen-bond acceptors (Lipinski definition) is 6. The number of methoxy groups -OCH3 is 2. The van der Waals surface area contributed by atoms with Crippen LogP contribution in [0.3, 0.4) is 0 Å². The quantitative estimate of drug-likeness (QED) is 0.667. The minimum atomic E-state index is -0.701. The molecule has 1 N–H and O–H groups in total. The number of H-pyrrole nitrogens is 1. The van der Waals surface area contributed by atoms with Gasteiger partial charge in [0.1, 0.15) is 5.92 Å². The summed E-state index contributed by atoms with van der Waals surface area (Å²) in [7, 11) is 2.69. The summed E-state index contributed by atoms with van der Waals surface area (Å²) in [5.41, 5.74) is 4.03. The summed E-state index contributed by atoms with van der Waals surface area (Å²) in [4.78, 5) is 29.9. The summed E-state index contributed by atoms with van der Waals surface area (Å²) < 4.78 is 10.1. The molecular formula is C23H21N3O4. The molecule has 7 nitrogen and oxygen atoms in total. The van der Waals surface area contributed by atoms with Gasteiger partial charge in [0, 0.05) is 17.2 Å². The Morgan fingerprint density at radius 2 is 1.67 bits per heavy atom. The molecule has 0 aliphatic carbocycles. The van der Waals surface area contributed by atoms with Gasteiger partial charge < -0.3 is 9.47 Å². The third-order valence-electron chi connectivity index (χ3n) is 5.38. The highest BCUT2D eigenvalue weighted by Crippen LogP contribution is 2.47. The van der Waals surface area contributed by atoms with Gasteiger partial charge in [-0.15, -0.1) is 0 Å². The first-order chi connectivity index (χ1) is 14.6. The van der Waals surface area contributed by atoms with Crippen LogP contribution >= 0.6 is 0 Å². The molecule has 0 spiro atoms. The van der Waals surface area contributed by atoms with E-state index >= 15 is 0 Å².